The second kappa shape index (κ2) is 8.11. The molecule has 1 heterocycles. The molecule has 0 radical (unpaired) electrons. The number of ether oxygens (including phenoxy) is 1. The monoisotopic (exact) mass is 414 g/mol. The molecule has 2 aromatic carbocycles. The van der Waals surface area contributed by atoms with E-state index in [4.69, 9.17) is 14.5 Å². The van der Waals surface area contributed by atoms with E-state index in [0.29, 0.717) is 24.2 Å². The maximum absolute atomic E-state index is 12.6. The molecule has 1 aliphatic carbocycles. The Bertz CT molecular complexity index is 841. The summed E-state index contributed by atoms with van der Waals surface area (Å²) in [4.78, 5) is 25.2. The fraction of sp³-hybridized carbons (Fsp3) is 0.435. The maximum atomic E-state index is 12.6. The van der Waals surface area contributed by atoms with E-state index >= 15 is 0 Å². The van der Waals surface area contributed by atoms with E-state index in [2.05, 4.69) is 12.1 Å². The molecule has 4 rings (SSSR count). The number of thioether (sulfide) groups is 1. The lowest BCUT2D eigenvalue weighted by molar-refractivity contribution is -0.448. The Morgan fingerprint density at radius 1 is 1.10 bits per heavy atom. The van der Waals surface area contributed by atoms with Crippen molar-refractivity contribution in [3.8, 4) is 0 Å². The van der Waals surface area contributed by atoms with Gasteiger partial charge in [0.15, 0.2) is 0 Å². The Labute approximate surface area is 175 Å². The van der Waals surface area contributed by atoms with Crippen LogP contribution in [0.15, 0.2) is 65.6 Å². The fourth-order valence-corrected chi connectivity index (χ4v) is 5.08. The molecule has 0 aromatic heterocycles. The third kappa shape index (κ3) is 4.21. The second-order valence-electron chi connectivity index (χ2n) is 8.24. The van der Waals surface area contributed by atoms with Crippen LogP contribution in [0.1, 0.15) is 37.0 Å². The van der Waals surface area contributed by atoms with Gasteiger partial charge in [0.25, 0.3) is 0 Å². The quantitative estimate of drug-likeness (QED) is 0.448. The van der Waals surface area contributed by atoms with Gasteiger partial charge in [-0.05, 0) is 56.9 Å². The van der Waals surface area contributed by atoms with E-state index < -0.39 is 29.4 Å². The van der Waals surface area contributed by atoms with Crippen LogP contribution < -0.4 is 0 Å². The molecule has 2 aliphatic rings. The Morgan fingerprint density at radius 3 is 2.45 bits per heavy atom. The molecule has 6 heteroatoms. The largest absolute Gasteiger partial charge is 0.456 e. The lowest BCUT2D eigenvalue weighted by Crippen LogP contribution is -2.64. The molecule has 1 saturated carbocycles. The summed E-state index contributed by atoms with van der Waals surface area (Å²) in [7, 11) is 0. The van der Waals surface area contributed by atoms with Crippen LogP contribution in [0.25, 0.3) is 0 Å². The molecule has 2 aromatic rings. The smallest absolute Gasteiger partial charge is 0.338 e. The van der Waals surface area contributed by atoms with Gasteiger partial charge in [-0.15, -0.1) is 11.8 Å². The fourth-order valence-electron chi connectivity index (χ4n) is 3.99. The third-order valence-electron chi connectivity index (χ3n) is 6.05. The summed E-state index contributed by atoms with van der Waals surface area (Å²) in [6, 6.07) is 19.0. The van der Waals surface area contributed by atoms with Crippen LogP contribution in [0.2, 0.25) is 0 Å². The van der Waals surface area contributed by atoms with Crippen molar-refractivity contribution >= 4 is 17.7 Å². The van der Waals surface area contributed by atoms with Gasteiger partial charge in [-0.25, -0.2) is 14.6 Å². The van der Waals surface area contributed by atoms with Crippen molar-refractivity contribution in [2.45, 2.75) is 55.0 Å². The number of esters is 1. The molecule has 2 fully saturated rings. The SMILES string of the molecule is C[C@]1(CSc2ccccc2)OO[C@@H]2C[C@H]1CC(OC(=O)c1ccccc1)[C@@]2(C)O. The van der Waals surface area contributed by atoms with E-state index in [1.807, 2.05) is 31.2 Å². The molecule has 0 spiro atoms. The summed E-state index contributed by atoms with van der Waals surface area (Å²) in [5.41, 5.74) is -1.38. The average Bonchev–Trinajstić information content (AvgIpc) is 2.74. The Balaban J connectivity index is 1.48. The zero-order valence-corrected chi connectivity index (χ0v) is 17.4. The number of fused-ring (bicyclic) bond motifs is 2. The van der Waals surface area contributed by atoms with E-state index in [1.54, 1.807) is 43.0 Å². The summed E-state index contributed by atoms with van der Waals surface area (Å²) in [6.45, 7) is 3.68. The molecule has 29 heavy (non-hydrogen) atoms. The normalized spacial score (nSPS) is 33.8. The number of hydrogen-bond acceptors (Lipinski definition) is 6. The second-order valence-corrected chi connectivity index (χ2v) is 9.29. The van der Waals surface area contributed by atoms with Gasteiger partial charge in [0.05, 0.1) is 5.56 Å². The highest BCUT2D eigenvalue weighted by molar-refractivity contribution is 7.99. The summed E-state index contributed by atoms with van der Waals surface area (Å²) >= 11 is 1.71. The highest BCUT2D eigenvalue weighted by Gasteiger charge is 2.57. The Hall–Kier alpha value is -1.86. The van der Waals surface area contributed by atoms with Crippen molar-refractivity contribution in [3.63, 3.8) is 0 Å². The highest BCUT2D eigenvalue weighted by atomic mass is 32.2. The van der Waals surface area contributed by atoms with E-state index in [9.17, 15) is 9.90 Å². The zero-order valence-electron chi connectivity index (χ0n) is 16.6. The summed E-state index contributed by atoms with van der Waals surface area (Å²) < 4.78 is 5.75. The van der Waals surface area contributed by atoms with Gasteiger partial charge in [-0.3, -0.25) is 0 Å². The third-order valence-corrected chi connectivity index (χ3v) is 7.37. The maximum Gasteiger partial charge on any atom is 0.338 e. The van der Waals surface area contributed by atoms with E-state index in [1.165, 1.54) is 0 Å². The molecule has 1 saturated heterocycles. The predicted octanol–water partition coefficient (Wildman–Crippen LogP) is 4.25. The van der Waals surface area contributed by atoms with Gasteiger partial charge in [0.2, 0.25) is 0 Å². The van der Waals surface area contributed by atoms with E-state index in [-0.39, 0.29) is 5.92 Å². The van der Waals surface area contributed by atoms with Crippen LogP contribution in [-0.2, 0) is 14.5 Å². The lowest BCUT2D eigenvalue weighted by Gasteiger charge is -2.53. The Morgan fingerprint density at radius 2 is 1.76 bits per heavy atom. The number of carbonyl (C=O) groups is 1. The summed E-state index contributed by atoms with van der Waals surface area (Å²) in [5.74, 6) is 0.374. The number of aliphatic hydroxyl groups is 1. The van der Waals surface area contributed by atoms with E-state index in [0.717, 1.165) is 4.90 Å². The zero-order chi connectivity index (χ0) is 20.5. The molecule has 154 valence electrons. The summed E-state index contributed by atoms with van der Waals surface area (Å²) in [5, 5.41) is 11.0. The van der Waals surface area contributed by atoms with Gasteiger partial charge in [-0.1, -0.05) is 36.4 Å². The van der Waals surface area contributed by atoms with Crippen LogP contribution in [0.4, 0.5) is 0 Å². The first kappa shape index (κ1) is 20.4. The van der Waals surface area contributed by atoms with Crippen LogP contribution in [0.5, 0.6) is 0 Å². The average molecular weight is 415 g/mol. The molecule has 5 nitrogen and oxygen atoms in total. The number of carbonyl (C=O) groups excluding carboxylic acids is 1. The minimum absolute atomic E-state index is 0.103. The van der Waals surface area contributed by atoms with Crippen molar-refractivity contribution in [1.82, 2.24) is 0 Å². The van der Waals surface area contributed by atoms with Crippen LogP contribution in [0.3, 0.4) is 0 Å². The molecular formula is C23H26O5S. The van der Waals surface area contributed by atoms with Gasteiger partial charge in [0, 0.05) is 10.6 Å². The standard InChI is InChI=1S/C23H26O5S/c1-22(15-29-18-11-7-4-8-12-18)17-13-19(23(2,25)20(14-17)27-28-22)26-21(24)16-9-5-3-6-10-16/h3-12,17,19-20,25H,13-15H2,1-2H3/t17-,19?,20-,22-,23-/m1/s1. The molecule has 0 amide bonds. The minimum Gasteiger partial charge on any atom is -0.456 e. The van der Waals surface area contributed by atoms with Crippen molar-refractivity contribution in [2.75, 3.05) is 5.75 Å². The van der Waals surface area contributed by atoms with Gasteiger partial charge in [0.1, 0.15) is 23.4 Å². The number of rotatable bonds is 5. The first-order valence-corrected chi connectivity index (χ1v) is 10.9. The molecule has 1 N–H and O–H groups in total. The minimum atomic E-state index is -1.31. The molecule has 2 bridgehead atoms. The molecular weight excluding hydrogens is 388 g/mol. The molecule has 5 atom stereocenters. The van der Waals surface area contributed by atoms with Gasteiger partial charge in [-0.2, -0.15) is 0 Å². The number of benzene rings is 2. The molecule has 1 aliphatic heterocycles. The predicted molar refractivity (Wildman–Crippen MR) is 111 cm³/mol. The van der Waals surface area contributed by atoms with Gasteiger partial charge < -0.3 is 9.84 Å². The first-order valence-electron chi connectivity index (χ1n) is 9.89. The summed E-state index contributed by atoms with van der Waals surface area (Å²) in [6.07, 6.45) is -0.0104. The van der Waals surface area contributed by atoms with Crippen LogP contribution >= 0.6 is 11.8 Å². The van der Waals surface area contributed by atoms with Crippen molar-refractivity contribution in [1.29, 1.82) is 0 Å². The topological polar surface area (TPSA) is 65.0 Å². The number of hydrogen-bond donors (Lipinski definition) is 1. The lowest BCUT2D eigenvalue weighted by atomic mass is 9.69. The van der Waals surface area contributed by atoms with Crippen LogP contribution in [0, 0.1) is 5.92 Å². The van der Waals surface area contributed by atoms with Crippen molar-refractivity contribution in [2.24, 2.45) is 5.92 Å². The highest BCUT2D eigenvalue weighted by Crippen LogP contribution is 2.47. The van der Waals surface area contributed by atoms with Crippen molar-refractivity contribution in [3.05, 3.63) is 66.2 Å². The first-order chi connectivity index (χ1) is 13.9. The Kier molecular flexibility index (Phi) is 5.71. The van der Waals surface area contributed by atoms with Gasteiger partial charge >= 0.3 is 5.97 Å². The molecule has 1 unspecified atom stereocenters. The van der Waals surface area contributed by atoms with Crippen LogP contribution in [-0.4, -0.2) is 40.2 Å². The van der Waals surface area contributed by atoms with Crippen molar-refractivity contribution < 1.29 is 24.4 Å².